The van der Waals surface area contributed by atoms with E-state index >= 15 is 0 Å². The Morgan fingerprint density at radius 2 is 0.964 bits per heavy atom. The number of fused-ring (bicyclic) bond motifs is 9. The van der Waals surface area contributed by atoms with Crippen molar-refractivity contribution in [1.82, 2.24) is 4.57 Å². The highest BCUT2D eigenvalue weighted by atomic mass is 16.3. The predicted molar refractivity (Wildman–Crippen MR) is 230 cm³/mol. The largest absolute Gasteiger partial charge is 0.456 e. The molecule has 3 heteroatoms. The van der Waals surface area contributed by atoms with Gasteiger partial charge in [0.15, 0.2) is 0 Å². The van der Waals surface area contributed by atoms with Crippen LogP contribution in [0, 0.1) is 0 Å². The quantitative estimate of drug-likeness (QED) is 0.178. The van der Waals surface area contributed by atoms with Gasteiger partial charge in [-0.05, 0) is 105 Å². The summed E-state index contributed by atoms with van der Waals surface area (Å²) in [6, 6.07) is 70.3. The lowest BCUT2D eigenvalue weighted by atomic mass is 10.00. The molecule has 256 valence electrons. The van der Waals surface area contributed by atoms with Crippen molar-refractivity contribution in [2.45, 2.75) is 0 Å². The minimum Gasteiger partial charge on any atom is -0.456 e. The second-order valence-electron chi connectivity index (χ2n) is 14.5. The van der Waals surface area contributed by atoms with Gasteiger partial charge < -0.3 is 13.9 Å². The Morgan fingerprint density at radius 3 is 1.75 bits per heavy atom. The fourth-order valence-electron chi connectivity index (χ4n) is 9.12. The Hall–Kier alpha value is -7.36. The Labute approximate surface area is 317 Å². The lowest BCUT2D eigenvalue weighted by Gasteiger charge is -2.27. The van der Waals surface area contributed by atoms with Crippen molar-refractivity contribution in [3.8, 4) is 39.1 Å². The van der Waals surface area contributed by atoms with Crippen molar-refractivity contribution in [2.75, 3.05) is 4.90 Å². The Morgan fingerprint density at radius 1 is 0.364 bits per heavy atom. The molecule has 12 rings (SSSR count). The van der Waals surface area contributed by atoms with Gasteiger partial charge in [0.25, 0.3) is 0 Å². The molecule has 2 heterocycles. The zero-order chi connectivity index (χ0) is 36.0. The third kappa shape index (κ3) is 4.44. The maximum atomic E-state index is 6.28. The summed E-state index contributed by atoms with van der Waals surface area (Å²) >= 11 is 0. The van der Waals surface area contributed by atoms with E-state index in [9.17, 15) is 0 Å². The van der Waals surface area contributed by atoms with Crippen LogP contribution in [0.2, 0.25) is 0 Å². The molecule has 11 aromatic rings. The van der Waals surface area contributed by atoms with Crippen LogP contribution in [0.4, 0.5) is 17.1 Å². The van der Waals surface area contributed by atoms with E-state index in [0.29, 0.717) is 0 Å². The van der Waals surface area contributed by atoms with Gasteiger partial charge in [0.05, 0.1) is 16.7 Å². The average Bonchev–Trinajstić information content (AvgIpc) is 3.90. The second-order valence-corrected chi connectivity index (χ2v) is 14.5. The van der Waals surface area contributed by atoms with Gasteiger partial charge in [0, 0.05) is 44.2 Å². The molecule has 0 N–H and O–H groups in total. The van der Waals surface area contributed by atoms with E-state index in [1.165, 1.54) is 60.4 Å². The van der Waals surface area contributed by atoms with Crippen LogP contribution in [0.25, 0.3) is 93.6 Å². The van der Waals surface area contributed by atoms with Crippen molar-refractivity contribution in [3.63, 3.8) is 0 Å². The third-order valence-electron chi connectivity index (χ3n) is 11.5. The van der Waals surface area contributed by atoms with E-state index in [2.05, 4.69) is 191 Å². The fourth-order valence-corrected chi connectivity index (χ4v) is 9.12. The van der Waals surface area contributed by atoms with Gasteiger partial charge in [-0.3, -0.25) is 0 Å². The molecule has 9 aromatic carbocycles. The first kappa shape index (κ1) is 30.1. The van der Waals surface area contributed by atoms with E-state index in [4.69, 9.17) is 4.42 Å². The van der Waals surface area contributed by atoms with E-state index in [0.717, 1.165) is 50.3 Å². The monoisotopic (exact) mass is 700 g/mol. The molecule has 0 spiro atoms. The molecule has 0 amide bonds. The van der Waals surface area contributed by atoms with Gasteiger partial charge >= 0.3 is 0 Å². The number of para-hydroxylation sites is 4. The topological polar surface area (TPSA) is 21.3 Å². The molecule has 1 aliphatic carbocycles. The predicted octanol–water partition coefficient (Wildman–Crippen LogP) is 14.6. The molecule has 0 saturated carbocycles. The number of rotatable bonds is 5. The molecule has 1 aliphatic rings. The Balaban J connectivity index is 1.05. The molecule has 0 aliphatic heterocycles. The highest BCUT2D eigenvalue weighted by Gasteiger charge is 2.24. The zero-order valence-corrected chi connectivity index (χ0v) is 29.8. The van der Waals surface area contributed by atoms with Crippen LogP contribution in [-0.2, 0) is 0 Å². The first-order chi connectivity index (χ1) is 27.3. The van der Waals surface area contributed by atoms with Crippen LogP contribution in [0.15, 0.2) is 199 Å². The number of anilines is 3. The van der Waals surface area contributed by atoms with Crippen molar-refractivity contribution < 1.29 is 4.42 Å². The number of benzene rings is 9. The highest BCUT2D eigenvalue weighted by Crippen LogP contribution is 2.50. The second kappa shape index (κ2) is 11.6. The average molecular weight is 701 g/mol. The summed E-state index contributed by atoms with van der Waals surface area (Å²) in [6.07, 6.45) is 0. The molecular formula is C52H32N2O. The fraction of sp³-hybridized carbons (Fsp3) is 0. The Kier molecular flexibility index (Phi) is 6.34. The summed E-state index contributed by atoms with van der Waals surface area (Å²) in [5.74, 6) is 0. The lowest BCUT2D eigenvalue weighted by molar-refractivity contribution is 0.669. The van der Waals surface area contributed by atoms with Crippen LogP contribution >= 0.6 is 0 Å². The lowest BCUT2D eigenvalue weighted by Crippen LogP contribution is -2.10. The first-order valence-electron chi connectivity index (χ1n) is 18.8. The van der Waals surface area contributed by atoms with Crippen molar-refractivity contribution >= 4 is 71.6 Å². The van der Waals surface area contributed by atoms with Crippen LogP contribution in [-0.4, -0.2) is 4.57 Å². The van der Waals surface area contributed by atoms with Crippen LogP contribution in [0.3, 0.4) is 0 Å². The Bertz CT molecular complexity index is 3280. The number of aromatic nitrogens is 1. The summed E-state index contributed by atoms with van der Waals surface area (Å²) in [7, 11) is 0. The van der Waals surface area contributed by atoms with Crippen molar-refractivity contribution in [3.05, 3.63) is 194 Å². The van der Waals surface area contributed by atoms with E-state index in [1.54, 1.807) is 0 Å². The number of furan rings is 1. The van der Waals surface area contributed by atoms with Gasteiger partial charge in [-0.25, -0.2) is 0 Å². The number of nitrogens with zero attached hydrogens (tertiary/aromatic N) is 2. The summed E-state index contributed by atoms with van der Waals surface area (Å²) in [5.41, 5.74) is 16.1. The normalized spacial score (nSPS) is 12.0. The van der Waals surface area contributed by atoms with Crippen LogP contribution in [0.1, 0.15) is 0 Å². The minimum atomic E-state index is 0.887. The maximum Gasteiger partial charge on any atom is 0.135 e. The summed E-state index contributed by atoms with van der Waals surface area (Å²) in [4.78, 5) is 2.40. The van der Waals surface area contributed by atoms with Gasteiger partial charge in [0.2, 0.25) is 0 Å². The standard InChI is InChI=1S/C52H32N2O/c1-2-15-40-39(14-1)44-19-11-12-34-30-37(32-46(40)52(34)44)53(36-28-29-51-45(31-36)43-18-6-10-23-50(43)55-51)35-26-24-33(25-27-35)38-13-3-7-20-47(38)54-48-21-8-4-16-41(48)42-17-5-9-22-49(42)54/h1-32H. The SMILES string of the molecule is c1ccc2c(c1)-c1cccc3cc(N(c4ccc(-c5ccccc5-n5c6ccccc6c6ccccc65)cc4)c4ccc5oc6ccccc6c5c4)cc-2c13. The molecule has 3 nitrogen and oxygen atoms in total. The molecule has 0 unspecified atom stereocenters. The number of hydrogen-bond acceptors (Lipinski definition) is 2. The minimum absolute atomic E-state index is 0.887. The summed E-state index contributed by atoms with van der Waals surface area (Å²) in [5, 5.41) is 7.29. The molecule has 55 heavy (non-hydrogen) atoms. The first-order valence-corrected chi connectivity index (χ1v) is 18.8. The van der Waals surface area contributed by atoms with Gasteiger partial charge in [-0.2, -0.15) is 0 Å². The number of hydrogen-bond donors (Lipinski definition) is 0. The zero-order valence-electron chi connectivity index (χ0n) is 29.8. The molecule has 0 bridgehead atoms. The van der Waals surface area contributed by atoms with E-state index < -0.39 is 0 Å². The highest BCUT2D eigenvalue weighted by molar-refractivity contribution is 6.17. The van der Waals surface area contributed by atoms with Gasteiger partial charge in [-0.15, -0.1) is 0 Å². The molecule has 0 atom stereocenters. The van der Waals surface area contributed by atoms with Crippen LogP contribution in [0.5, 0.6) is 0 Å². The smallest absolute Gasteiger partial charge is 0.135 e. The van der Waals surface area contributed by atoms with E-state index in [1.807, 2.05) is 12.1 Å². The summed E-state index contributed by atoms with van der Waals surface area (Å²) < 4.78 is 8.69. The van der Waals surface area contributed by atoms with E-state index in [-0.39, 0.29) is 0 Å². The van der Waals surface area contributed by atoms with Crippen molar-refractivity contribution in [2.24, 2.45) is 0 Å². The maximum absolute atomic E-state index is 6.28. The molecule has 0 saturated heterocycles. The molecule has 2 aromatic heterocycles. The molecule has 0 fully saturated rings. The third-order valence-corrected chi connectivity index (χ3v) is 11.5. The molecular weight excluding hydrogens is 669 g/mol. The molecule has 0 radical (unpaired) electrons. The van der Waals surface area contributed by atoms with Crippen molar-refractivity contribution in [1.29, 1.82) is 0 Å². The van der Waals surface area contributed by atoms with Gasteiger partial charge in [-0.1, -0.05) is 127 Å². The summed E-state index contributed by atoms with van der Waals surface area (Å²) in [6.45, 7) is 0. The van der Waals surface area contributed by atoms with Gasteiger partial charge in [0.1, 0.15) is 11.2 Å². The van der Waals surface area contributed by atoms with Crippen LogP contribution < -0.4 is 4.90 Å².